The van der Waals surface area contributed by atoms with Crippen molar-refractivity contribution in [3.05, 3.63) is 65.2 Å². The summed E-state index contributed by atoms with van der Waals surface area (Å²) in [6, 6.07) is 14.7. The highest BCUT2D eigenvalue weighted by molar-refractivity contribution is 7.89. The first-order valence-electron chi connectivity index (χ1n) is 11.5. The lowest BCUT2D eigenvalue weighted by Gasteiger charge is -2.29. The number of benzene rings is 2. The lowest BCUT2D eigenvalue weighted by molar-refractivity contribution is -0.140. The summed E-state index contributed by atoms with van der Waals surface area (Å²) in [6.45, 7) is 4.66. The summed E-state index contributed by atoms with van der Waals surface area (Å²) in [5, 5.41) is 3.40. The van der Waals surface area contributed by atoms with Crippen LogP contribution in [-0.2, 0) is 26.2 Å². The molecule has 2 rings (SSSR count). The van der Waals surface area contributed by atoms with Gasteiger partial charge in [-0.25, -0.2) is 12.7 Å². The molecule has 0 spiro atoms. The predicted molar refractivity (Wildman–Crippen MR) is 135 cm³/mol. The van der Waals surface area contributed by atoms with Crippen molar-refractivity contribution in [2.24, 2.45) is 0 Å². The van der Waals surface area contributed by atoms with Gasteiger partial charge in [0.25, 0.3) is 0 Å². The van der Waals surface area contributed by atoms with Gasteiger partial charge >= 0.3 is 0 Å². The number of carbonyl (C=O) groups is 2. The fourth-order valence-electron chi connectivity index (χ4n) is 3.42. The van der Waals surface area contributed by atoms with Crippen LogP contribution in [0.4, 0.5) is 0 Å². The molecule has 0 radical (unpaired) electrons. The van der Waals surface area contributed by atoms with Crippen LogP contribution in [0.25, 0.3) is 0 Å². The molecule has 9 heteroatoms. The molecule has 2 aromatic carbocycles. The number of amides is 2. The number of hydrogen-bond donors (Lipinski definition) is 1. The zero-order valence-electron chi connectivity index (χ0n) is 20.0. The summed E-state index contributed by atoms with van der Waals surface area (Å²) in [4.78, 5) is 27.6. The van der Waals surface area contributed by atoms with Crippen molar-refractivity contribution in [3.8, 4) is 0 Å². The first kappa shape index (κ1) is 27.8. The highest BCUT2D eigenvalue weighted by atomic mass is 35.5. The second-order valence-electron chi connectivity index (χ2n) is 8.18. The van der Waals surface area contributed by atoms with Crippen LogP contribution in [0.3, 0.4) is 0 Å². The van der Waals surface area contributed by atoms with Crippen LogP contribution in [0.15, 0.2) is 59.5 Å². The lowest BCUT2D eigenvalue weighted by atomic mass is 10.1. The van der Waals surface area contributed by atoms with E-state index in [1.54, 1.807) is 43.3 Å². The van der Waals surface area contributed by atoms with Gasteiger partial charge in [0.2, 0.25) is 21.8 Å². The number of rotatable bonds is 13. The number of nitrogens with one attached hydrogen (secondary N) is 1. The molecule has 1 unspecified atom stereocenters. The van der Waals surface area contributed by atoms with Gasteiger partial charge in [0.05, 0.1) is 4.90 Å². The van der Waals surface area contributed by atoms with Crippen molar-refractivity contribution in [2.45, 2.75) is 57.0 Å². The van der Waals surface area contributed by atoms with Crippen LogP contribution in [-0.4, -0.2) is 55.6 Å². The van der Waals surface area contributed by atoms with Gasteiger partial charge in [-0.05, 0) is 43.5 Å². The Bertz CT molecular complexity index is 1050. The summed E-state index contributed by atoms with van der Waals surface area (Å²) in [6.07, 6.45) is 2.24. The summed E-state index contributed by atoms with van der Waals surface area (Å²) >= 11 is 6.30. The molecular weight excluding hydrogens is 474 g/mol. The largest absolute Gasteiger partial charge is 0.354 e. The quantitative estimate of drug-likeness (QED) is 0.414. The van der Waals surface area contributed by atoms with E-state index in [0.29, 0.717) is 18.0 Å². The Morgan fingerprint density at radius 2 is 1.68 bits per heavy atom. The number of carbonyl (C=O) groups excluding carboxylic acids is 2. The predicted octanol–water partition coefficient (Wildman–Crippen LogP) is 4.07. The minimum absolute atomic E-state index is 0.103. The molecular formula is C25H34ClN3O4S. The smallest absolute Gasteiger partial charge is 0.242 e. The molecule has 2 amide bonds. The van der Waals surface area contributed by atoms with E-state index < -0.39 is 16.1 Å². The first-order valence-corrected chi connectivity index (χ1v) is 13.3. The summed E-state index contributed by atoms with van der Waals surface area (Å²) in [5.74, 6) is -0.457. The molecule has 34 heavy (non-hydrogen) atoms. The maximum atomic E-state index is 13.2. The van der Waals surface area contributed by atoms with Gasteiger partial charge in [-0.2, -0.15) is 0 Å². The van der Waals surface area contributed by atoms with E-state index in [2.05, 4.69) is 5.32 Å². The molecule has 0 heterocycles. The number of halogens is 1. The Morgan fingerprint density at radius 3 is 2.32 bits per heavy atom. The molecule has 186 valence electrons. The second-order valence-corrected chi connectivity index (χ2v) is 10.6. The first-order chi connectivity index (χ1) is 16.2. The normalized spacial score (nSPS) is 12.4. The molecule has 0 aliphatic heterocycles. The lowest BCUT2D eigenvalue weighted by Crippen LogP contribution is -2.48. The minimum Gasteiger partial charge on any atom is -0.354 e. The van der Waals surface area contributed by atoms with E-state index in [1.807, 2.05) is 25.1 Å². The molecule has 7 nitrogen and oxygen atoms in total. The van der Waals surface area contributed by atoms with Crippen LogP contribution in [0.2, 0.25) is 5.02 Å². The molecule has 0 saturated carbocycles. The van der Waals surface area contributed by atoms with Crippen LogP contribution >= 0.6 is 11.6 Å². The molecule has 0 saturated heterocycles. The fraction of sp³-hybridized carbons (Fsp3) is 0.440. The van der Waals surface area contributed by atoms with Crippen LogP contribution < -0.4 is 5.32 Å². The molecule has 0 bridgehead atoms. The monoisotopic (exact) mass is 507 g/mol. The van der Waals surface area contributed by atoms with E-state index in [0.717, 1.165) is 18.4 Å². The van der Waals surface area contributed by atoms with Gasteiger partial charge in [-0.15, -0.1) is 0 Å². The SMILES string of the molecule is CCCCNC(=O)C(C)N(Cc1ccccc1Cl)C(=O)CCCN(C)S(=O)(=O)c1ccccc1. The summed E-state index contributed by atoms with van der Waals surface area (Å²) < 4.78 is 26.7. The molecule has 0 aliphatic rings. The fourth-order valence-corrected chi connectivity index (χ4v) is 4.84. The molecule has 0 aliphatic carbocycles. The molecule has 2 aromatic rings. The average Bonchev–Trinajstić information content (AvgIpc) is 2.83. The number of sulfonamides is 1. The minimum atomic E-state index is -3.63. The van der Waals surface area contributed by atoms with E-state index >= 15 is 0 Å². The Morgan fingerprint density at radius 1 is 1.03 bits per heavy atom. The Hall–Kier alpha value is -2.42. The van der Waals surface area contributed by atoms with Gasteiger partial charge in [-0.1, -0.05) is 61.3 Å². The van der Waals surface area contributed by atoms with Crippen LogP contribution in [0, 0.1) is 0 Å². The van der Waals surface area contributed by atoms with E-state index in [9.17, 15) is 18.0 Å². The van der Waals surface area contributed by atoms with Gasteiger partial charge in [0.1, 0.15) is 6.04 Å². The van der Waals surface area contributed by atoms with Crippen molar-refractivity contribution >= 4 is 33.4 Å². The van der Waals surface area contributed by atoms with E-state index in [4.69, 9.17) is 11.6 Å². The van der Waals surface area contributed by atoms with Crippen molar-refractivity contribution in [2.75, 3.05) is 20.1 Å². The van der Waals surface area contributed by atoms with E-state index in [-0.39, 0.29) is 36.2 Å². The Balaban J connectivity index is 2.07. The maximum Gasteiger partial charge on any atom is 0.242 e. The highest BCUT2D eigenvalue weighted by Gasteiger charge is 2.27. The third-order valence-corrected chi connectivity index (χ3v) is 7.85. The van der Waals surface area contributed by atoms with Crippen LogP contribution in [0.5, 0.6) is 0 Å². The topological polar surface area (TPSA) is 86.8 Å². The van der Waals surface area contributed by atoms with Gasteiger partial charge in [-0.3, -0.25) is 9.59 Å². The Kier molecular flexibility index (Phi) is 11.0. The average molecular weight is 508 g/mol. The number of unbranched alkanes of at least 4 members (excludes halogenated alkanes) is 1. The van der Waals surface area contributed by atoms with Crippen molar-refractivity contribution in [1.82, 2.24) is 14.5 Å². The molecule has 0 fully saturated rings. The number of hydrogen-bond acceptors (Lipinski definition) is 4. The van der Waals surface area contributed by atoms with Gasteiger partial charge in [0.15, 0.2) is 0 Å². The Labute approximate surface area is 208 Å². The van der Waals surface area contributed by atoms with Crippen molar-refractivity contribution in [1.29, 1.82) is 0 Å². The number of nitrogens with zero attached hydrogens (tertiary/aromatic N) is 2. The standard InChI is InChI=1S/C25H34ClN3O4S/c1-4-5-17-27-25(31)20(2)29(19-21-12-9-10-15-23(21)26)24(30)16-11-18-28(3)34(32,33)22-13-7-6-8-14-22/h6-10,12-15,20H,4-5,11,16-19H2,1-3H3,(H,27,31). The van der Waals surface area contributed by atoms with E-state index in [1.165, 1.54) is 16.3 Å². The molecule has 0 aromatic heterocycles. The third kappa shape index (κ3) is 7.82. The maximum absolute atomic E-state index is 13.2. The summed E-state index contributed by atoms with van der Waals surface area (Å²) in [5.41, 5.74) is 0.745. The van der Waals surface area contributed by atoms with Gasteiger partial charge < -0.3 is 10.2 Å². The van der Waals surface area contributed by atoms with Gasteiger partial charge in [0, 0.05) is 38.1 Å². The van der Waals surface area contributed by atoms with Crippen molar-refractivity contribution in [3.63, 3.8) is 0 Å². The highest BCUT2D eigenvalue weighted by Crippen LogP contribution is 2.20. The summed E-state index contributed by atoms with van der Waals surface area (Å²) in [7, 11) is -2.13. The third-order valence-electron chi connectivity index (χ3n) is 5.61. The molecule has 1 N–H and O–H groups in total. The zero-order chi connectivity index (χ0) is 25.1. The van der Waals surface area contributed by atoms with Crippen molar-refractivity contribution < 1.29 is 18.0 Å². The molecule has 1 atom stereocenters. The van der Waals surface area contributed by atoms with Crippen LogP contribution in [0.1, 0.15) is 45.1 Å². The second kappa shape index (κ2) is 13.5. The zero-order valence-corrected chi connectivity index (χ0v) is 21.6.